The maximum Gasteiger partial charge on any atom is 0.339 e. The van der Waals surface area contributed by atoms with E-state index in [1.54, 1.807) is 12.1 Å². The Kier molecular flexibility index (Phi) is 8.25. The van der Waals surface area contributed by atoms with Gasteiger partial charge in [0.1, 0.15) is 0 Å². The van der Waals surface area contributed by atoms with Crippen molar-refractivity contribution in [2.45, 2.75) is 38.7 Å². The second-order valence-corrected chi connectivity index (χ2v) is 5.29. The molecule has 0 spiro atoms. The van der Waals surface area contributed by atoms with Crippen molar-refractivity contribution in [3.63, 3.8) is 0 Å². The molecule has 0 fully saturated rings. The highest BCUT2D eigenvalue weighted by Gasteiger charge is 2.16. The van der Waals surface area contributed by atoms with Crippen LogP contribution in [0, 0.1) is 0 Å². The molecule has 1 unspecified atom stereocenters. The molecule has 130 valence electrons. The molecular weight excluding hydrogens is 312 g/mol. The van der Waals surface area contributed by atoms with Crippen LogP contribution in [0.4, 0.5) is 0 Å². The molecule has 1 rings (SSSR count). The zero-order valence-corrected chi connectivity index (χ0v) is 13.7. The summed E-state index contributed by atoms with van der Waals surface area (Å²) >= 11 is 0. The van der Waals surface area contributed by atoms with Crippen molar-refractivity contribution in [1.82, 2.24) is 0 Å². The number of rotatable bonds is 10. The summed E-state index contributed by atoms with van der Waals surface area (Å²) in [4.78, 5) is 34.0. The number of aromatic carboxylic acids is 1. The molecule has 0 aliphatic rings. The fourth-order valence-corrected chi connectivity index (χ4v) is 2.11. The van der Waals surface area contributed by atoms with Crippen LogP contribution in [0.3, 0.4) is 0 Å². The first-order valence-corrected chi connectivity index (χ1v) is 7.78. The van der Waals surface area contributed by atoms with Gasteiger partial charge in [-0.1, -0.05) is 18.7 Å². The minimum absolute atomic E-state index is 0.0509. The number of unbranched alkanes of at least 4 members (excludes halogenated alkanes) is 2. The lowest BCUT2D eigenvalue weighted by Crippen LogP contribution is -2.13. The fraction of sp³-hybridized carbons (Fsp3) is 0.389. The van der Waals surface area contributed by atoms with E-state index in [9.17, 15) is 14.4 Å². The van der Waals surface area contributed by atoms with Crippen LogP contribution in [0.5, 0.6) is 0 Å². The van der Waals surface area contributed by atoms with Crippen LogP contribution < -0.4 is 0 Å². The van der Waals surface area contributed by atoms with E-state index in [0.717, 1.165) is 25.3 Å². The summed E-state index contributed by atoms with van der Waals surface area (Å²) in [5.41, 5.74) is -0.0182. The van der Waals surface area contributed by atoms with Crippen LogP contribution in [-0.4, -0.2) is 35.7 Å². The normalized spacial score (nSPS) is 11.4. The van der Waals surface area contributed by atoms with Crippen LogP contribution in [0.2, 0.25) is 0 Å². The summed E-state index contributed by atoms with van der Waals surface area (Å²) in [7, 11) is 0. The van der Waals surface area contributed by atoms with Gasteiger partial charge < -0.3 is 14.6 Å². The molecule has 0 amide bonds. The Labute approximate surface area is 141 Å². The van der Waals surface area contributed by atoms with E-state index in [1.165, 1.54) is 12.1 Å². The number of carboxylic acid groups (broad SMARTS) is 1. The average molecular weight is 334 g/mol. The van der Waals surface area contributed by atoms with E-state index in [0.29, 0.717) is 6.42 Å². The SMILES string of the molecule is C=CC(=O)OC(C)CCCCCOC(=O)c1ccccc1C(=O)O. The number of hydrogen-bond acceptors (Lipinski definition) is 5. The molecule has 0 heterocycles. The van der Waals surface area contributed by atoms with Crippen molar-refractivity contribution in [3.05, 3.63) is 48.0 Å². The summed E-state index contributed by atoms with van der Waals surface area (Å²) in [5.74, 6) is -2.24. The first-order chi connectivity index (χ1) is 11.5. The molecule has 0 bridgehead atoms. The van der Waals surface area contributed by atoms with Crippen LogP contribution in [0.25, 0.3) is 0 Å². The highest BCUT2D eigenvalue weighted by molar-refractivity contribution is 6.02. The molecule has 1 atom stereocenters. The zero-order chi connectivity index (χ0) is 17.9. The summed E-state index contributed by atoms with van der Waals surface area (Å²) in [5, 5.41) is 9.04. The molecule has 0 saturated carbocycles. The summed E-state index contributed by atoms with van der Waals surface area (Å²) < 4.78 is 10.1. The summed E-state index contributed by atoms with van der Waals surface area (Å²) in [6.07, 6.45) is 3.96. The number of hydrogen-bond donors (Lipinski definition) is 1. The summed E-state index contributed by atoms with van der Waals surface area (Å²) in [6, 6.07) is 5.95. The van der Waals surface area contributed by atoms with Crippen LogP contribution in [0.1, 0.15) is 53.3 Å². The predicted octanol–water partition coefficient (Wildman–Crippen LogP) is 3.22. The first kappa shape index (κ1) is 19.4. The van der Waals surface area contributed by atoms with Gasteiger partial charge in [-0.2, -0.15) is 0 Å². The smallest absolute Gasteiger partial charge is 0.339 e. The Hall–Kier alpha value is -2.63. The van der Waals surface area contributed by atoms with E-state index in [1.807, 2.05) is 6.92 Å². The van der Waals surface area contributed by atoms with Gasteiger partial charge in [-0.25, -0.2) is 14.4 Å². The monoisotopic (exact) mass is 334 g/mol. The molecule has 1 aromatic rings. The molecule has 1 N–H and O–H groups in total. The number of carbonyl (C=O) groups is 3. The lowest BCUT2D eigenvalue weighted by molar-refractivity contribution is -0.142. The minimum atomic E-state index is -1.16. The number of ether oxygens (including phenoxy) is 2. The molecule has 0 radical (unpaired) electrons. The Morgan fingerprint density at radius 3 is 2.46 bits per heavy atom. The lowest BCUT2D eigenvalue weighted by atomic mass is 10.1. The van der Waals surface area contributed by atoms with Crippen molar-refractivity contribution in [2.24, 2.45) is 0 Å². The Morgan fingerprint density at radius 1 is 1.17 bits per heavy atom. The quantitative estimate of drug-likeness (QED) is 0.401. The highest BCUT2D eigenvalue weighted by Crippen LogP contribution is 2.12. The molecule has 24 heavy (non-hydrogen) atoms. The predicted molar refractivity (Wildman–Crippen MR) is 87.9 cm³/mol. The fourth-order valence-electron chi connectivity index (χ4n) is 2.11. The second-order valence-electron chi connectivity index (χ2n) is 5.29. The summed E-state index contributed by atoms with van der Waals surface area (Å²) in [6.45, 7) is 5.36. The van der Waals surface area contributed by atoms with E-state index >= 15 is 0 Å². The van der Waals surface area contributed by atoms with Crippen molar-refractivity contribution >= 4 is 17.9 Å². The number of carbonyl (C=O) groups excluding carboxylic acids is 2. The van der Waals surface area contributed by atoms with Crippen molar-refractivity contribution in [3.8, 4) is 0 Å². The highest BCUT2D eigenvalue weighted by atomic mass is 16.5. The lowest BCUT2D eigenvalue weighted by Gasteiger charge is -2.11. The third kappa shape index (κ3) is 6.64. The van der Waals surface area contributed by atoms with Gasteiger partial charge >= 0.3 is 17.9 Å². The van der Waals surface area contributed by atoms with Gasteiger partial charge in [0.15, 0.2) is 0 Å². The van der Waals surface area contributed by atoms with Gasteiger partial charge in [-0.05, 0) is 44.7 Å². The molecule has 6 nitrogen and oxygen atoms in total. The van der Waals surface area contributed by atoms with Gasteiger partial charge in [0.05, 0.1) is 23.8 Å². The third-order valence-corrected chi connectivity index (χ3v) is 3.35. The molecule has 1 aromatic carbocycles. The van der Waals surface area contributed by atoms with Crippen LogP contribution in [-0.2, 0) is 14.3 Å². The third-order valence-electron chi connectivity index (χ3n) is 3.35. The maximum absolute atomic E-state index is 11.9. The molecule has 0 aliphatic carbocycles. The molecule has 0 saturated heterocycles. The zero-order valence-electron chi connectivity index (χ0n) is 13.7. The van der Waals surface area contributed by atoms with Gasteiger partial charge in [-0.15, -0.1) is 0 Å². The largest absolute Gasteiger partial charge is 0.478 e. The first-order valence-electron chi connectivity index (χ1n) is 7.78. The van der Waals surface area contributed by atoms with Gasteiger partial charge in [-0.3, -0.25) is 0 Å². The van der Waals surface area contributed by atoms with E-state index in [-0.39, 0.29) is 23.8 Å². The number of esters is 2. The van der Waals surface area contributed by atoms with Crippen molar-refractivity contribution in [2.75, 3.05) is 6.61 Å². The average Bonchev–Trinajstić information content (AvgIpc) is 2.57. The number of benzene rings is 1. The van der Waals surface area contributed by atoms with E-state index in [2.05, 4.69) is 6.58 Å². The maximum atomic E-state index is 11.9. The van der Waals surface area contributed by atoms with Gasteiger partial charge in [0.2, 0.25) is 0 Å². The van der Waals surface area contributed by atoms with Crippen molar-refractivity contribution in [1.29, 1.82) is 0 Å². The molecule has 6 heteroatoms. The van der Waals surface area contributed by atoms with Gasteiger partial charge in [0, 0.05) is 6.08 Å². The molecule has 0 aromatic heterocycles. The van der Waals surface area contributed by atoms with Crippen molar-refractivity contribution < 1.29 is 29.0 Å². The molecule has 0 aliphatic heterocycles. The van der Waals surface area contributed by atoms with Crippen LogP contribution >= 0.6 is 0 Å². The van der Waals surface area contributed by atoms with Gasteiger partial charge in [0.25, 0.3) is 0 Å². The Balaban J connectivity index is 2.26. The Morgan fingerprint density at radius 2 is 1.83 bits per heavy atom. The molecular formula is C18H22O6. The number of carboxylic acids is 1. The topological polar surface area (TPSA) is 89.9 Å². The van der Waals surface area contributed by atoms with E-state index < -0.39 is 17.9 Å². The van der Waals surface area contributed by atoms with E-state index in [4.69, 9.17) is 14.6 Å². The van der Waals surface area contributed by atoms with Crippen LogP contribution in [0.15, 0.2) is 36.9 Å². The second kappa shape index (κ2) is 10.2. The minimum Gasteiger partial charge on any atom is -0.478 e. The Bertz CT molecular complexity index is 593. The standard InChI is InChI=1S/C18H22O6/c1-3-16(19)24-13(2)9-5-4-8-12-23-18(22)15-11-7-6-10-14(15)17(20)21/h3,6-7,10-11,13H,1,4-5,8-9,12H2,2H3,(H,20,21).